The van der Waals surface area contributed by atoms with Crippen LogP contribution in [0, 0.1) is 0 Å². The van der Waals surface area contributed by atoms with E-state index in [1.54, 1.807) is 0 Å². The zero-order valence-corrected chi connectivity index (χ0v) is 10.5. The van der Waals surface area contributed by atoms with Crippen LogP contribution in [0.5, 0.6) is 0 Å². The molecule has 0 amide bonds. The highest BCUT2D eigenvalue weighted by Crippen LogP contribution is 2.02. The standard InChI is InChI=1S/C12H26N2O2/c1-2-5-13-12(11-15)4-7-14-6-3-9-16-10-8-14/h12-13,15H,2-11H2,1H3. The largest absolute Gasteiger partial charge is 0.395 e. The maximum atomic E-state index is 9.23. The summed E-state index contributed by atoms with van der Waals surface area (Å²) in [6.07, 6.45) is 3.27. The predicted molar refractivity (Wildman–Crippen MR) is 65.7 cm³/mol. The van der Waals surface area contributed by atoms with Gasteiger partial charge in [-0.05, 0) is 32.4 Å². The van der Waals surface area contributed by atoms with Gasteiger partial charge in [-0.1, -0.05) is 6.92 Å². The number of hydrogen-bond donors (Lipinski definition) is 2. The zero-order valence-electron chi connectivity index (χ0n) is 10.5. The molecule has 1 aliphatic rings. The van der Waals surface area contributed by atoms with Crippen molar-refractivity contribution in [1.29, 1.82) is 0 Å². The number of nitrogens with zero attached hydrogens (tertiary/aromatic N) is 1. The predicted octanol–water partition coefficient (Wildman–Crippen LogP) is 0.459. The number of aliphatic hydroxyl groups excluding tert-OH is 1. The van der Waals surface area contributed by atoms with E-state index in [1.165, 1.54) is 0 Å². The normalized spacial score (nSPS) is 20.6. The second-order valence-electron chi connectivity index (χ2n) is 4.43. The molecule has 16 heavy (non-hydrogen) atoms. The van der Waals surface area contributed by atoms with Crippen LogP contribution in [0.2, 0.25) is 0 Å². The minimum absolute atomic E-state index is 0.240. The Morgan fingerprint density at radius 2 is 2.25 bits per heavy atom. The third kappa shape index (κ3) is 5.80. The summed E-state index contributed by atoms with van der Waals surface area (Å²) in [6.45, 7) is 8.36. The van der Waals surface area contributed by atoms with E-state index in [-0.39, 0.29) is 12.6 Å². The first kappa shape index (κ1) is 13.9. The fraction of sp³-hybridized carbons (Fsp3) is 1.00. The Bertz CT molecular complexity index is 159. The lowest BCUT2D eigenvalue weighted by atomic mass is 10.2. The zero-order chi connectivity index (χ0) is 11.6. The fourth-order valence-corrected chi connectivity index (χ4v) is 1.97. The Morgan fingerprint density at radius 1 is 1.38 bits per heavy atom. The van der Waals surface area contributed by atoms with Gasteiger partial charge in [-0.2, -0.15) is 0 Å². The molecule has 0 saturated carbocycles. The van der Waals surface area contributed by atoms with Crippen LogP contribution in [0.1, 0.15) is 26.2 Å². The van der Waals surface area contributed by atoms with Crippen molar-refractivity contribution in [3.63, 3.8) is 0 Å². The van der Waals surface area contributed by atoms with Gasteiger partial charge in [0.05, 0.1) is 13.2 Å². The Balaban J connectivity index is 2.14. The highest BCUT2D eigenvalue weighted by molar-refractivity contribution is 4.69. The van der Waals surface area contributed by atoms with Crippen LogP contribution in [-0.4, -0.2) is 62.0 Å². The molecule has 1 fully saturated rings. The monoisotopic (exact) mass is 230 g/mol. The van der Waals surface area contributed by atoms with Crippen LogP contribution in [0.25, 0.3) is 0 Å². The van der Waals surface area contributed by atoms with Gasteiger partial charge in [0, 0.05) is 25.7 Å². The van der Waals surface area contributed by atoms with Crippen LogP contribution in [0.3, 0.4) is 0 Å². The summed E-state index contributed by atoms with van der Waals surface area (Å²) in [5.41, 5.74) is 0. The second kappa shape index (κ2) is 8.93. The molecule has 1 rings (SSSR count). The maximum absolute atomic E-state index is 9.23. The topological polar surface area (TPSA) is 44.7 Å². The van der Waals surface area contributed by atoms with Gasteiger partial charge in [0.1, 0.15) is 0 Å². The summed E-state index contributed by atoms with van der Waals surface area (Å²) < 4.78 is 5.42. The highest BCUT2D eigenvalue weighted by Gasteiger charge is 2.12. The smallest absolute Gasteiger partial charge is 0.0593 e. The van der Waals surface area contributed by atoms with Crippen LogP contribution in [-0.2, 0) is 4.74 Å². The van der Waals surface area contributed by atoms with Crippen molar-refractivity contribution < 1.29 is 9.84 Å². The lowest BCUT2D eigenvalue weighted by Crippen LogP contribution is -2.37. The first-order valence-electron chi connectivity index (χ1n) is 6.51. The fourth-order valence-electron chi connectivity index (χ4n) is 1.97. The average molecular weight is 230 g/mol. The van der Waals surface area contributed by atoms with Crippen molar-refractivity contribution in [1.82, 2.24) is 10.2 Å². The number of ether oxygens (including phenoxy) is 1. The Hall–Kier alpha value is -0.160. The molecule has 4 nitrogen and oxygen atoms in total. The molecular formula is C12H26N2O2. The van der Waals surface area contributed by atoms with Gasteiger partial charge in [-0.3, -0.25) is 0 Å². The van der Waals surface area contributed by atoms with Gasteiger partial charge in [0.15, 0.2) is 0 Å². The average Bonchev–Trinajstić information content (AvgIpc) is 2.58. The summed E-state index contributed by atoms with van der Waals surface area (Å²) in [4.78, 5) is 2.43. The van der Waals surface area contributed by atoms with Gasteiger partial charge >= 0.3 is 0 Å². The molecule has 0 bridgehead atoms. The SMILES string of the molecule is CCCNC(CO)CCN1CCCOCC1. The summed E-state index contributed by atoms with van der Waals surface area (Å²) in [6, 6.07) is 0.254. The molecule has 96 valence electrons. The number of rotatable bonds is 7. The van der Waals surface area contributed by atoms with Crippen LogP contribution in [0.15, 0.2) is 0 Å². The molecule has 0 aliphatic carbocycles. The Kier molecular flexibility index (Phi) is 7.76. The third-order valence-corrected chi connectivity index (χ3v) is 3.01. The lowest BCUT2D eigenvalue weighted by molar-refractivity contribution is 0.139. The van der Waals surface area contributed by atoms with E-state index in [0.29, 0.717) is 0 Å². The highest BCUT2D eigenvalue weighted by atomic mass is 16.5. The third-order valence-electron chi connectivity index (χ3n) is 3.01. The molecule has 0 aromatic carbocycles. The van der Waals surface area contributed by atoms with E-state index in [0.717, 1.165) is 58.7 Å². The summed E-state index contributed by atoms with van der Waals surface area (Å²) in [5, 5.41) is 12.6. The van der Waals surface area contributed by atoms with Gasteiger partial charge in [-0.15, -0.1) is 0 Å². The minimum atomic E-state index is 0.240. The molecule has 0 spiro atoms. The lowest BCUT2D eigenvalue weighted by Gasteiger charge is -2.22. The van der Waals surface area contributed by atoms with Crippen LogP contribution >= 0.6 is 0 Å². The van der Waals surface area contributed by atoms with Crippen LogP contribution in [0.4, 0.5) is 0 Å². The summed E-state index contributed by atoms with van der Waals surface area (Å²) in [5.74, 6) is 0. The van der Waals surface area contributed by atoms with E-state index < -0.39 is 0 Å². The van der Waals surface area contributed by atoms with Crippen LogP contribution < -0.4 is 5.32 Å². The molecule has 0 radical (unpaired) electrons. The van der Waals surface area contributed by atoms with E-state index in [2.05, 4.69) is 17.1 Å². The van der Waals surface area contributed by atoms with Gasteiger partial charge < -0.3 is 20.1 Å². The molecule has 0 aromatic rings. The van der Waals surface area contributed by atoms with Gasteiger partial charge in [-0.25, -0.2) is 0 Å². The first-order valence-corrected chi connectivity index (χ1v) is 6.51. The van der Waals surface area contributed by atoms with Crippen molar-refractivity contribution >= 4 is 0 Å². The molecule has 1 unspecified atom stereocenters. The second-order valence-corrected chi connectivity index (χ2v) is 4.43. The summed E-state index contributed by atoms with van der Waals surface area (Å²) in [7, 11) is 0. The molecule has 2 N–H and O–H groups in total. The first-order chi connectivity index (χ1) is 7.86. The van der Waals surface area contributed by atoms with Crippen molar-refractivity contribution in [2.24, 2.45) is 0 Å². The Labute approximate surface area is 99.0 Å². The number of aliphatic hydroxyl groups is 1. The van der Waals surface area contributed by atoms with Gasteiger partial charge in [0.2, 0.25) is 0 Å². The van der Waals surface area contributed by atoms with Gasteiger partial charge in [0.25, 0.3) is 0 Å². The minimum Gasteiger partial charge on any atom is -0.395 e. The van der Waals surface area contributed by atoms with Crippen molar-refractivity contribution in [3.05, 3.63) is 0 Å². The summed E-state index contributed by atoms with van der Waals surface area (Å²) >= 11 is 0. The Morgan fingerprint density at radius 3 is 3.00 bits per heavy atom. The molecule has 4 heteroatoms. The molecule has 1 atom stereocenters. The molecule has 1 saturated heterocycles. The van der Waals surface area contributed by atoms with Crippen molar-refractivity contribution in [2.75, 3.05) is 46.0 Å². The number of hydrogen-bond acceptors (Lipinski definition) is 4. The van der Waals surface area contributed by atoms with E-state index in [9.17, 15) is 5.11 Å². The van der Waals surface area contributed by atoms with Crippen molar-refractivity contribution in [3.8, 4) is 0 Å². The van der Waals surface area contributed by atoms with E-state index in [4.69, 9.17) is 4.74 Å². The molecule has 1 aliphatic heterocycles. The molecule has 0 aromatic heterocycles. The molecule has 1 heterocycles. The van der Waals surface area contributed by atoms with E-state index in [1.807, 2.05) is 0 Å². The number of nitrogens with one attached hydrogen (secondary N) is 1. The molecular weight excluding hydrogens is 204 g/mol. The van der Waals surface area contributed by atoms with Crippen molar-refractivity contribution in [2.45, 2.75) is 32.2 Å². The van der Waals surface area contributed by atoms with E-state index >= 15 is 0 Å². The quantitative estimate of drug-likeness (QED) is 0.667. The maximum Gasteiger partial charge on any atom is 0.0593 e.